The lowest BCUT2D eigenvalue weighted by Gasteiger charge is -2.16. The van der Waals surface area contributed by atoms with Gasteiger partial charge in [0.1, 0.15) is 6.04 Å². The van der Waals surface area contributed by atoms with Gasteiger partial charge in [0.25, 0.3) is 0 Å². The second-order valence-corrected chi connectivity index (χ2v) is 3.34. The van der Waals surface area contributed by atoms with Crippen LogP contribution in [-0.2, 0) is 14.4 Å². The van der Waals surface area contributed by atoms with Gasteiger partial charge in [0.15, 0.2) is 0 Å². The number of hydrogen-bond acceptors (Lipinski definition) is 4. The minimum atomic E-state index is -1.24. The van der Waals surface area contributed by atoms with Crippen molar-refractivity contribution >= 4 is 17.8 Å². The van der Waals surface area contributed by atoms with Crippen LogP contribution >= 0.6 is 0 Å². The molecule has 0 saturated heterocycles. The van der Waals surface area contributed by atoms with Gasteiger partial charge < -0.3 is 20.8 Å². The zero-order valence-electron chi connectivity index (χ0n) is 9.19. The van der Waals surface area contributed by atoms with Crippen LogP contribution in [0.15, 0.2) is 0 Å². The van der Waals surface area contributed by atoms with E-state index in [2.05, 4.69) is 10.6 Å². The smallest absolute Gasteiger partial charge is 0.326 e. The first-order valence-electron chi connectivity index (χ1n) is 4.80. The predicted octanol–water partition coefficient (Wildman–Crippen LogP) is -0.971. The van der Waals surface area contributed by atoms with Crippen molar-refractivity contribution < 1.29 is 24.6 Å². The SMILES string of the molecule is CN[C@@H](C)C(=O)N[C@@H](CCC(=O)O)C(=O)O. The molecule has 0 aliphatic carbocycles. The maximum absolute atomic E-state index is 11.3. The van der Waals surface area contributed by atoms with E-state index in [4.69, 9.17) is 10.2 Å². The number of carbonyl (C=O) groups excluding carboxylic acids is 1. The monoisotopic (exact) mass is 232 g/mol. The zero-order chi connectivity index (χ0) is 12.7. The summed E-state index contributed by atoms with van der Waals surface area (Å²) < 4.78 is 0. The molecule has 0 aliphatic heterocycles. The molecule has 0 fully saturated rings. The Kier molecular flexibility index (Phi) is 6.09. The molecule has 0 saturated carbocycles. The molecular weight excluding hydrogens is 216 g/mol. The fourth-order valence-electron chi connectivity index (χ4n) is 0.953. The highest BCUT2D eigenvalue weighted by atomic mass is 16.4. The molecule has 0 spiro atoms. The first-order valence-corrected chi connectivity index (χ1v) is 4.80. The lowest BCUT2D eigenvalue weighted by Crippen LogP contribution is -2.48. The summed E-state index contributed by atoms with van der Waals surface area (Å²) >= 11 is 0. The van der Waals surface area contributed by atoms with Crippen molar-refractivity contribution in [3.63, 3.8) is 0 Å². The van der Waals surface area contributed by atoms with Crippen molar-refractivity contribution in [3.8, 4) is 0 Å². The van der Waals surface area contributed by atoms with Crippen LogP contribution < -0.4 is 10.6 Å². The number of amides is 1. The lowest BCUT2D eigenvalue weighted by molar-refractivity contribution is -0.143. The van der Waals surface area contributed by atoms with Gasteiger partial charge >= 0.3 is 11.9 Å². The van der Waals surface area contributed by atoms with Crippen LogP contribution in [-0.4, -0.2) is 47.2 Å². The molecule has 92 valence electrons. The van der Waals surface area contributed by atoms with Crippen molar-refractivity contribution in [1.82, 2.24) is 10.6 Å². The summed E-state index contributed by atoms with van der Waals surface area (Å²) in [5.74, 6) is -2.81. The Morgan fingerprint density at radius 3 is 2.19 bits per heavy atom. The van der Waals surface area contributed by atoms with E-state index in [1.54, 1.807) is 14.0 Å². The molecule has 2 atom stereocenters. The number of nitrogens with one attached hydrogen (secondary N) is 2. The van der Waals surface area contributed by atoms with Crippen molar-refractivity contribution in [3.05, 3.63) is 0 Å². The fraction of sp³-hybridized carbons (Fsp3) is 0.667. The second kappa shape index (κ2) is 6.78. The van der Waals surface area contributed by atoms with Gasteiger partial charge in [-0.2, -0.15) is 0 Å². The standard InChI is InChI=1S/C9H16N2O5/c1-5(10-2)8(14)11-6(9(15)16)3-4-7(12)13/h5-6,10H,3-4H2,1-2H3,(H,11,14)(H,12,13)(H,15,16)/t5-,6-/m0/s1. The third kappa shape index (κ3) is 5.30. The summed E-state index contributed by atoms with van der Waals surface area (Å²) in [7, 11) is 1.57. The molecule has 0 heterocycles. The fourth-order valence-corrected chi connectivity index (χ4v) is 0.953. The van der Waals surface area contributed by atoms with Gasteiger partial charge in [0.05, 0.1) is 6.04 Å². The number of hydrogen-bond donors (Lipinski definition) is 4. The van der Waals surface area contributed by atoms with Crippen molar-refractivity contribution in [2.75, 3.05) is 7.05 Å². The van der Waals surface area contributed by atoms with Crippen LogP contribution in [0.25, 0.3) is 0 Å². The molecule has 0 aliphatic rings. The molecule has 0 bridgehead atoms. The van der Waals surface area contributed by atoms with Crippen LogP contribution in [0.2, 0.25) is 0 Å². The van der Waals surface area contributed by atoms with Crippen LogP contribution in [0.1, 0.15) is 19.8 Å². The highest BCUT2D eigenvalue weighted by Crippen LogP contribution is 1.98. The zero-order valence-corrected chi connectivity index (χ0v) is 9.19. The number of carboxylic acids is 2. The van der Waals surface area contributed by atoms with E-state index in [-0.39, 0.29) is 12.8 Å². The highest BCUT2D eigenvalue weighted by molar-refractivity contribution is 5.86. The Labute approximate surface area is 92.8 Å². The molecule has 1 amide bonds. The summed E-state index contributed by atoms with van der Waals surface area (Å²) in [5.41, 5.74) is 0. The summed E-state index contributed by atoms with van der Waals surface area (Å²) in [6.45, 7) is 1.57. The molecule has 7 nitrogen and oxygen atoms in total. The van der Waals surface area contributed by atoms with Crippen LogP contribution in [0, 0.1) is 0 Å². The van der Waals surface area contributed by atoms with Crippen LogP contribution in [0.3, 0.4) is 0 Å². The highest BCUT2D eigenvalue weighted by Gasteiger charge is 2.22. The molecule has 0 aromatic rings. The van der Waals surface area contributed by atoms with Crippen molar-refractivity contribution in [1.29, 1.82) is 0 Å². The average Bonchev–Trinajstić information content (AvgIpc) is 2.21. The van der Waals surface area contributed by atoms with Gasteiger partial charge in [-0.1, -0.05) is 0 Å². The maximum atomic E-state index is 11.3. The number of aliphatic carboxylic acids is 2. The van der Waals surface area contributed by atoms with Gasteiger partial charge in [-0.05, 0) is 20.4 Å². The lowest BCUT2D eigenvalue weighted by atomic mass is 10.1. The summed E-state index contributed by atoms with van der Waals surface area (Å²) in [6, 6.07) is -1.69. The van der Waals surface area contributed by atoms with Gasteiger partial charge in [-0.25, -0.2) is 4.79 Å². The van der Waals surface area contributed by atoms with Gasteiger partial charge in [-0.15, -0.1) is 0 Å². The second-order valence-electron chi connectivity index (χ2n) is 3.34. The minimum absolute atomic E-state index is 0.132. The van der Waals surface area contributed by atoms with E-state index in [1.165, 1.54) is 0 Å². The molecule has 0 aromatic carbocycles. The van der Waals surface area contributed by atoms with E-state index in [1.807, 2.05) is 0 Å². The van der Waals surface area contributed by atoms with Crippen molar-refractivity contribution in [2.45, 2.75) is 31.8 Å². The summed E-state index contributed by atoms with van der Waals surface area (Å²) in [6.07, 6.45) is -0.433. The number of rotatable bonds is 7. The van der Waals surface area contributed by atoms with Gasteiger partial charge in [0, 0.05) is 6.42 Å². The molecule has 7 heteroatoms. The molecule has 0 rings (SSSR count). The third-order valence-corrected chi connectivity index (χ3v) is 2.09. The number of carbonyl (C=O) groups is 3. The predicted molar refractivity (Wildman–Crippen MR) is 55.0 cm³/mol. The quantitative estimate of drug-likeness (QED) is 0.449. The molecule has 16 heavy (non-hydrogen) atoms. The minimum Gasteiger partial charge on any atom is -0.481 e. The Balaban J connectivity index is 4.28. The topological polar surface area (TPSA) is 116 Å². The normalized spacial score (nSPS) is 13.9. The molecule has 0 aromatic heterocycles. The average molecular weight is 232 g/mol. The van der Waals surface area contributed by atoms with Crippen molar-refractivity contribution in [2.24, 2.45) is 0 Å². The Morgan fingerprint density at radius 1 is 1.25 bits per heavy atom. The summed E-state index contributed by atoms with van der Waals surface area (Å²) in [4.78, 5) is 32.4. The molecule has 4 N–H and O–H groups in total. The first kappa shape index (κ1) is 14.4. The van der Waals surface area contributed by atoms with E-state index >= 15 is 0 Å². The number of carboxylic acid groups (broad SMARTS) is 2. The van der Waals surface area contributed by atoms with Gasteiger partial charge in [-0.3, -0.25) is 9.59 Å². The molecule has 0 radical (unpaired) electrons. The van der Waals surface area contributed by atoms with Gasteiger partial charge in [0.2, 0.25) is 5.91 Å². The Bertz CT molecular complexity index is 279. The Morgan fingerprint density at radius 2 is 1.81 bits per heavy atom. The third-order valence-electron chi connectivity index (χ3n) is 2.09. The molecule has 0 unspecified atom stereocenters. The first-order chi connectivity index (χ1) is 7.38. The van der Waals surface area contributed by atoms with E-state index < -0.39 is 29.9 Å². The largest absolute Gasteiger partial charge is 0.481 e. The Hall–Kier alpha value is -1.63. The van der Waals surface area contributed by atoms with E-state index in [0.29, 0.717) is 0 Å². The van der Waals surface area contributed by atoms with Crippen LogP contribution in [0.4, 0.5) is 0 Å². The summed E-state index contributed by atoms with van der Waals surface area (Å²) in [5, 5.41) is 22.1. The van der Waals surface area contributed by atoms with E-state index in [9.17, 15) is 14.4 Å². The molecular formula is C9H16N2O5. The maximum Gasteiger partial charge on any atom is 0.326 e. The van der Waals surface area contributed by atoms with E-state index in [0.717, 1.165) is 0 Å². The number of likely N-dealkylation sites (N-methyl/N-ethyl adjacent to an activating group) is 1. The van der Waals surface area contributed by atoms with Crippen LogP contribution in [0.5, 0.6) is 0 Å².